The van der Waals surface area contributed by atoms with E-state index in [4.69, 9.17) is 9.47 Å². The topological polar surface area (TPSA) is 55.8 Å². The monoisotopic (exact) mass is 226 g/mol. The van der Waals surface area contributed by atoms with Gasteiger partial charge in [-0.05, 0) is 26.7 Å². The van der Waals surface area contributed by atoms with E-state index < -0.39 is 18.0 Å². The van der Waals surface area contributed by atoms with Gasteiger partial charge in [-0.2, -0.15) is 0 Å². The van der Waals surface area contributed by atoms with Crippen molar-refractivity contribution in [2.75, 3.05) is 6.61 Å². The lowest BCUT2D eigenvalue weighted by atomic mass is 9.92. The van der Waals surface area contributed by atoms with Crippen LogP contribution >= 0.6 is 0 Å². The zero-order valence-corrected chi connectivity index (χ0v) is 9.73. The molecule has 4 nitrogen and oxygen atoms in total. The molecule has 0 radical (unpaired) electrons. The Morgan fingerprint density at radius 2 is 2.31 bits per heavy atom. The predicted molar refractivity (Wildman–Crippen MR) is 57.9 cm³/mol. The SMILES string of the molecule is CC1(C)OC[C@H]([C@H](O)C2=CCCCC2=O)O1. The van der Waals surface area contributed by atoms with Crippen LogP contribution in [-0.2, 0) is 14.3 Å². The van der Waals surface area contributed by atoms with Crippen molar-refractivity contribution in [3.8, 4) is 0 Å². The number of hydrogen-bond donors (Lipinski definition) is 1. The fourth-order valence-electron chi connectivity index (χ4n) is 2.14. The Hall–Kier alpha value is -0.710. The standard InChI is InChI=1S/C12H18O4/c1-12(2)15-7-10(16-12)11(14)8-5-3-4-6-9(8)13/h5,10-11,14H,3-4,6-7H2,1-2H3/t10-,11-/m1/s1. The molecule has 1 saturated heterocycles. The summed E-state index contributed by atoms with van der Waals surface area (Å²) in [6.07, 6.45) is 2.81. The number of Topliss-reactive ketones (excluding diaryl/α,β-unsaturated/α-hetero) is 1. The molecule has 0 aromatic carbocycles. The summed E-state index contributed by atoms with van der Waals surface area (Å²) in [6, 6.07) is 0. The number of hydrogen-bond acceptors (Lipinski definition) is 4. The fourth-order valence-corrected chi connectivity index (χ4v) is 2.14. The number of carbonyl (C=O) groups is 1. The van der Waals surface area contributed by atoms with E-state index in [1.165, 1.54) is 0 Å². The number of allylic oxidation sites excluding steroid dienone is 1. The summed E-state index contributed by atoms with van der Waals surface area (Å²) in [5.74, 6) is -0.628. The minimum absolute atomic E-state index is 0.0343. The summed E-state index contributed by atoms with van der Waals surface area (Å²) < 4.78 is 10.9. The smallest absolute Gasteiger partial charge is 0.163 e. The molecule has 0 bridgehead atoms. The summed E-state index contributed by atoms with van der Waals surface area (Å²) in [5.41, 5.74) is 0.498. The van der Waals surface area contributed by atoms with Crippen LogP contribution in [0.4, 0.5) is 0 Å². The zero-order chi connectivity index (χ0) is 11.8. The van der Waals surface area contributed by atoms with Crippen LogP contribution in [0.3, 0.4) is 0 Å². The number of carbonyl (C=O) groups excluding carboxylic acids is 1. The van der Waals surface area contributed by atoms with Crippen molar-refractivity contribution < 1.29 is 19.4 Å². The lowest BCUT2D eigenvalue weighted by molar-refractivity contribution is -0.149. The van der Waals surface area contributed by atoms with Crippen LogP contribution in [0.15, 0.2) is 11.6 Å². The van der Waals surface area contributed by atoms with Crippen LogP contribution in [0.25, 0.3) is 0 Å². The van der Waals surface area contributed by atoms with Gasteiger partial charge in [0.05, 0.1) is 6.61 Å². The molecular weight excluding hydrogens is 208 g/mol. The molecule has 0 aromatic rings. The first kappa shape index (κ1) is 11.8. The van der Waals surface area contributed by atoms with E-state index in [1.807, 2.05) is 6.08 Å². The van der Waals surface area contributed by atoms with Gasteiger partial charge in [-0.15, -0.1) is 0 Å². The second-order valence-electron chi connectivity index (χ2n) is 4.79. The van der Waals surface area contributed by atoms with E-state index in [-0.39, 0.29) is 5.78 Å². The minimum atomic E-state index is -0.852. The third-order valence-corrected chi connectivity index (χ3v) is 3.00. The van der Waals surface area contributed by atoms with Crippen LogP contribution in [0.5, 0.6) is 0 Å². The molecule has 90 valence electrons. The first-order valence-electron chi connectivity index (χ1n) is 5.73. The molecule has 4 heteroatoms. The molecule has 1 aliphatic heterocycles. The van der Waals surface area contributed by atoms with Gasteiger partial charge >= 0.3 is 0 Å². The zero-order valence-electron chi connectivity index (χ0n) is 9.73. The fraction of sp³-hybridized carbons (Fsp3) is 0.750. The summed E-state index contributed by atoms with van der Waals surface area (Å²) in [7, 11) is 0. The molecule has 1 N–H and O–H groups in total. The van der Waals surface area contributed by atoms with Crippen molar-refractivity contribution in [3.05, 3.63) is 11.6 Å². The lowest BCUT2D eigenvalue weighted by Gasteiger charge is -2.23. The molecule has 0 amide bonds. The number of rotatable bonds is 2. The minimum Gasteiger partial charge on any atom is -0.385 e. The summed E-state index contributed by atoms with van der Waals surface area (Å²) in [5, 5.41) is 10.1. The van der Waals surface area contributed by atoms with Gasteiger partial charge in [0.25, 0.3) is 0 Å². The first-order chi connectivity index (χ1) is 7.49. The molecule has 2 rings (SSSR count). The molecule has 16 heavy (non-hydrogen) atoms. The second kappa shape index (κ2) is 4.28. The highest BCUT2D eigenvalue weighted by molar-refractivity contribution is 5.97. The van der Waals surface area contributed by atoms with Gasteiger partial charge in [-0.1, -0.05) is 6.08 Å². The van der Waals surface area contributed by atoms with E-state index in [1.54, 1.807) is 13.8 Å². The number of ether oxygens (including phenoxy) is 2. The van der Waals surface area contributed by atoms with Crippen molar-refractivity contribution >= 4 is 5.78 Å². The first-order valence-corrected chi connectivity index (χ1v) is 5.73. The predicted octanol–water partition coefficient (Wildman–Crippen LogP) is 1.18. The van der Waals surface area contributed by atoms with E-state index in [9.17, 15) is 9.90 Å². The maximum atomic E-state index is 11.6. The summed E-state index contributed by atoms with van der Waals surface area (Å²) in [4.78, 5) is 11.6. The molecule has 1 fully saturated rings. The lowest BCUT2D eigenvalue weighted by Crippen LogP contribution is -2.35. The highest BCUT2D eigenvalue weighted by atomic mass is 16.7. The molecule has 0 aromatic heterocycles. The average Bonchev–Trinajstić information content (AvgIpc) is 2.59. The summed E-state index contributed by atoms with van der Waals surface area (Å²) >= 11 is 0. The van der Waals surface area contributed by atoms with Crippen LogP contribution in [0.2, 0.25) is 0 Å². The molecule has 2 atom stereocenters. The number of aliphatic hydroxyl groups excluding tert-OH is 1. The molecule has 1 heterocycles. The van der Waals surface area contributed by atoms with E-state index in [2.05, 4.69) is 0 Å². The molecule has 0 saturated carbocycles. The van der Waals surface area contributed by atoms with E-state index in [0.717, 1.165) is 12.8 Å². The van der Waals surface area contributed by atoms with Crippen LogP contribution in [-0.4, -0.2) is 35.5 Å². The largest absolute Gasteiger partial charge is 0.385 e. The summed E-state index contributed by atoms with van der Waals surface area (Å²) in [6.45, 7) is 3.94. The molecule has 1 aliphatic carbocycles. The van der Waals surface area contributed by atoms with Crippen molar-refractivity contribution in [3.63, 3.8) is 0 Å². The normalized spacial score (nSPS) is 31.3. The molecular formula is C12H18O4. The molecule has 0 unspecified atom stereocenters. The van der Waals surface area contributed by atoms with Gasteiger partial charge in [0.15, 0.2) is 11.6 Å². The van der Waals surface area contributed by atoms with Crippen molar-refractivity contribution in [2.24, 2.45) is 0 Å². The van der Waals surface area contributed by atoms with Gasteiger partial charge in [-0.25, -0.2) is 0 Å². The average molecular weight is 226 g/mol. The van der Waals surface area contributed by atoms with Gasteiger partial charge in [0.2, 0.25) is 0 Å². The van der Waals surface area contributed by atoms with E-state index in [0.29, 0.717) is 18.6 Å². The van der Waals surface area contributed by atoms with Gasteiger partial charge in [-0.3, -0.25) is 4.79 Å². The Morgan fingerprint density at radius 3 is 2.88 bits per heavy atom. The van der Waals surface area contributed by atoms with Crippen LogP contribution in [0, 0.1) is 0 Å². The third-order valence-electron chi connectivity index (χ3n) is 3.00. The van der Waals surface area contributed by atoms with Crippen molar-refractivity contribution in [2.45, 2.75) is 51.1 Å². The second-order valence-corrected chi connectivity index (χ2v) is 4.79. The van der Waals surface area contributed by atoms with Crippen molar-refractivity contribution in [1.29, 1.82) is 0 Å². The number of aliphatic hydroxyl groups is 1. The molecule has 0 spiro atoms. The van der Waals surface area contributed by atoms with E-state index >= 15 is 0 Å². The highest BCUT2D eigenvalue weighted by Gasteiger charge is 2.39. The van der Waals surface area contributed by atoms with Crippen molar-refractivity contribution in [1.82, 2.24) is 0 Å². The van der Waals surface area contributed by atoms with Crippen LogP contribution in [0.1, 0.15) is 33.1 Å². The Morgan fingerprint density at radius 1 is 1.56 bits per heavy atom. The van der Waals surface area contributed by atoms with Gasteiger partial charge < -0.3 is 14.6 Å². The Bertz CT molecular complexity index is 319. The Labute approximate surface area is 95.2 Å². The number of ketones is 1. The quantitative estimate of drug-likeness (QED) is 0.768. The molecule has 2 aliphatic rings. The third kappa shape index (κ3) is 2.34. The van der Waals surface area contributed by atoms with Gasteiger partial charge in [0, 0.05) is 12.0 Å². The Kier molecular flexibility index (Phi) is 3.15. The van der Waals surface area contributed by atoms with Gasteiger partial charge in [0.1, 0.15) is 12.2 Å². The Balaban J connectivity index is 2.05. The highest BCUT2D eigenvalue weighted by Crippen LogP contribution is 2.28. The van der Waals surface area contributed by atoms with Crippen LogP contribution < -0.4 is 0 Å². The maximum Gasteiger partial charge on any atom is 0.163 e. The maximum absolute atomic E-state index is 11.6.